The molecule has 3 rings (SSSR count). The molecule has 0 bridgehead atoms. The number of benzene rings is 1. The number of hydrogen-bond donors (Lipinski definition) is 2. The fourth-order valence-electron chi connectivity index (χ4n) is 3.10. The van der Waals surface area contributed by atoms with Crippen molar-refractivity contribution >= 4 is 47.4 Å². The predicted octanol–water partition coefficient (Wildman–Crippen LogP) is 3.49. The molecule has 2 aromatic rings. The third kappa shape index (κ3) is 7.64. The van der Waals surface area contributed by atoms with Crippen LogP contribution in [-0.4, -0.2) is 50.3 Å². The van der Waals surface area contributed by atoms with Gasteiger partial charge in [0.05, 0.1) is 19.8 Å². The lowest BCUT2D eigenvalue weighted by Crippen LogP contribution is -2.38. The van der Waals surface area contributed by atoms with Gasteiger partial charge in [0.2, 0.25) is 0 Å². The van der Waals surface area contributed by atoms with E-state index in [9.17, 15) is 0 Å². The highest BCUT2D eigenvalue weighted by Gasteiger charge is 2.15. The predicted molar refractivity (Wildman–Crippen MR) is 131 cm³/mol. The number of halogens is 2. The number of guanidine groups is 1. The van der Waals surface area contributed by atoms with Crippen LogP contribution >= 0.6 is 35.6 Å². The maximum atomic E-state index is 5.95. The van der Waals surface area contributed by atoms with E-state index in [0.717, 1.165) is 68.2 Å². The van der Waals surface area contributed by atoms with Gasteiger partial charge in [0.15, 0.2) is 5.96 Å². The number of morpholine rings is 1. The molecule has 0 unspecified atom stereocenters. The van der Waals surface area contributed by atoms with Crippen molar-refractivity contribution in [3.63, 3.8) is 0 Å². The van der Waals surface area contributed by atoms with Crippen LogP contribution in [0.4, 0.5) is 5.82 Å². The number of hydrogen-bond acceptors (Lipinski definition) is 4. The normalized spacial score (nSPS) is 14.3. The largest absolute Gasteiger partial charge is 0.378 e. The second-order valence-electron chi connectivity index (χ2n) is 6.58. The SMILES string of the molecule is CCNC(=NCc1cccnc1N1CCOCC1)NCCc1ccc(Cl)cc1.I. The number of pyridine rings is 1. The van der Waals surface area contributed by atoms with Crippen molar-refractivity contribution in [2.45, 2.75) is 19.9 Å². The maximum absolute atomic E-state index is 5.95. The van der Waals surface area contributed by atoms with Crippen molar-refractivity contribution < 1.29 is 4.74 Å². The molecule has 158 valence electrons. The zero-order valence-electron chi connectivity index (χ0n) is 16.7. The summed E-state index contributed by atoms with van der Waals surface area (Å²) in [5.74, 6) is 1.82. The van der Waals surface area contributed by atoms with Gasteiger partial charge in [0, 0.05) is 43.0 Å². The van der Waals surface area contributed by atoms with Gasteiger partial charge >= 0.3 is 0 Å². The number of aromatic nitrogens is 1. The Morgan fingerprint density at radius 3 is 2.66 bits per heavy atom. The van der Waals surface area contributed by atoms with Crippen molar-refractivity contribution in [2.75, 3.05) is 44.3 Å². The number of nitrogens with zero attached hydrogens (tertiary/aromatic N) is 3. The standard InChI is InChI=1S/C21H28ClN5O.HI/c1-2-23-21(25-11-9-17-5-7-19(22)8-6-17)26-16-18-4-3-10-24-20(18)27-12-14-28-15-13-27;/h3-8,10H,2,9,11-16H2,1H3,(H2,23,25,26);1H. The van der Waals surface area contributed by atoms with Crippen molar-refractivity contribution in [3.05, 3.63) is 58.7 Å². The van der Waals surface area contributed by atoms with E-state index in [4.69, 9.17) is 21.3 Å². The molecular weight excluding hydrogens is 501 g/mol. The minimum absolute atomic E-state index is 0. The van der Waals surface area contributed by atoms with Crippen molar-refractivity contribution in [3.8, 4) is 0 Å². The quantitative estimate of drug-likeness (QED) is 0.327. The number of anilines is 1. The second kappa shape index (κ2) is 12.9. The number of nitrogens with one attached hydrogen (secondary N) is 2. The van der Waals surface area contributed by atoms with Gasteiger partial charge in [0.25, 0.3) is 0 Å². The molecule has 1 aliphatic heterocycles. The van der Waals surface area contributed by atoms with E-state index in [1.807, 2.05) is 24.4 Å². The van der Waals surface area contributed by atoms with E-state index in [-0.39, 0.29) is 24.0 Å². The highest BCUT2D eigenvalue weighted by Crippen LogP contribution is 2.19. The molecule has 0 saturated carbocycles. The van der Waals surface area contributed by atoms with Gasteiger partial charge in [-0.3, -0.25) is 0 Å². The third-order valence-corrected chi connectivity index (χ3v) is 4.80. The molecule has 8 heteroatoms. The highest BCUT2D eigenvalue weighted by molar-refractivity contribution is 14.0. The first-order chi connectivity index (χ1) is 13.8. The van der Waals surface area contributed by atoms with Crippen LogP contribution in [0, 0.1) is 0 Å². The fraction of sp³-hybridized carbons (Fsp3) is 0.429. The van der Waals surface area contributed by atoms with Gasteiger partial charge in [-0.15, -0.1) is 24.0 Å². The highest BCUT2D eigenvalue weighted by atomic mass is 127. The molecule has 1 saturated heterocycles. The van der Waals surface area contributed by atoms with Gasteiger partial charge in [-0.05, 0) is 37.1 Å². The van der Waals surface area contributed by atoms with Crippen LogP contribution in [-0.2, 0) is 17.7 Å². The van der Waals surface area contributed by atoms with E-state index in [1.54, 1.807) is 0 Å². The summed E-state index contributed by atoms with van der Waals surface area (Å²) in [5.41, 5.74) is 2.37. The molecule has 2 N–H and O–H groups in total. The Balaban J connectivity index is 0.00000300. The first kappa shape index (κ1) is 23.7. The van der Waals surface area contributed by atoms with E-state index < -0.39 is 0 Å². The van der Waals surface area contributed by atoms with Crippen LogP contribution in [0.5, 0.6) is 0 Å². The van der Waals surface area contributed by atoms with Crippen LogP contribution in [0.3, 0.4) is 0 Å². The number of ether oxygens (including phenoxy) is 1. The van der Waals surface area contributed by atoms with Crippen molar-refractivity contribution in [1.82, 2.24) is 15.6 Å². The third-order valence-electron chi connectivity index (χ3n) is 4.55. The second-order valence-corrected chi connectivity index (χ2v) is 7.02. The van der Waals surface area contributed by atoms with E-state index in [2.05, 4.69) is 45.6 Å². The molecule has 0 atom stereocenters. The summed E-state index contributed by atoms with van der Waals surface area (Å²) < 4.78 is 5.45. The Hall–Kier alpha value is -1.58. The summed E-state index contributed by atoms with van der Waals surface area (Å²) in [6.07, 6.45) is 2.75. The molecule has 1 aromatic carbocycles. The van der Waals surface area contributed by atoms with Crippen LogP contribution in [0.1, 0.15) is 18.1 Å². The number of aliphatic imine (C=N–C) groups is 1. The number of rotatable bonds is 7. The van der Waals surface area contributed by atoms with Gasteiger partial charge in [0.1, 0.15) is 5.82 Å². The first-order valence-corrected chi connectivity index (χ1v) is 10.2. The summed E-state index contributed by atoms with van der Waals surface area (Å²) in [7, 11) is 0. The lowest BCUT2D eigenvalue weighted by atomic mass is 10.1. The smallest absolute Gasteiger partial charge is 0.191 e. The van der Waals surface area contributed by atoms with Gasteiger partial charge < -0.3 is 20.3 Å². The van der Waals surface area contributed by atoms with Gasteiger partial charge in [-0.25, -0.2) is 9.98 Å². The monoisotopic (exact) mass is 529 g/mol. The molecule has 0 spiro atoms. The molecule has 0 amide bonds. The topological polar surface area (TPSA) is 61.8 Å². The first-order valence-electron chi connectivity index (χ1n) is 9.79. The molecule has 29 heavy (non-hydrogen) atoms. The Kier molecular flexibility index (Phi) is 10.5. The molecule has 1 aromatic heterocycles. The Morgan fingerprint density at radius 1 is 1.17 bits per heavy atom. The molecule has 0 radical (unpaired) electrons. The molecule has 1 aliphatic rings. The zero-order valence-corrected chi connectivity index (χ0v) is 19.8. The van der Waals surface area contributed by atoms with Crippen molar-refractivity contribution in [1.29, 1.82) is 0 Å². The zero-order chi connectivity index (χ0) is 19.6. The van der Waals surface area contributed by atoms with Crippen molar-refractivity contribution in [2.24, 2.45) is 4.99 Å². The minimum Gasteiger partial charge on any atom is -0.378 e. The maximum Gasteiger partial charge on any atom is 0.191 e. The Morgan fingerprint density at radius 2 is 1.93 bits per heavy atom. The molecule has 6 nitrogen and oxygen atoms in total. The van der Waals surface area contributed by atoms with Crippen LogP contribution < -0.4 is 15.5 Å². The lowest BCUT2D eigenvalue weighted by molar-refractivity contribution is 0.122. The summed E-state index contributed by atoms with van der Waals surface area (Å²) in [4.78, 5) is 11.6. The summed E-state index contributed by atoms with van der Waals surface area (Å²) in [6, 6.07) is 12.0. The minimum atomic E-state index is 0. The fourth-order valence-corrected chi connectivity index (χ4v) is 3.22. The van der Waals surface area contributed by atoms with Crippen LogP contribution in [0.2, 0.25) is 5.02 Å². The van der Waals surface area contributed by atoms with Gasteiger partial charge in [-0.2, -0.15) is 0 Å². The van der Waals surface area contributed by atoms with Gasteiger partial charge in [-0.1, -0.05) is 29.8 Å². The summed E-state index contributed by atoms with van der Waals surface area (Å²) in [6.45, 7) is 7.49. The molecule has 2 heterocycles. The lowest BCUT2D eigenvalue weighted by Gasteiger charge is -2.29. The summed E-state index contributed by atoms with van der Waals surface area (Å²) >= 11 is 5.95. The molecule has 0 aliphatic carbocycles. The average molecular weight is 530 g/mol. The summed E-state index contributed by atoms with van der Waals surface area (Å²) in [5, 5.41) is 7.48. The molecular formula is C21H29ClIN5O. The van der Waals surface area contributed by atoms with Crippen LogP contribution in [0.25, 0.3) is 0 Å². The molecule has 1 fully saturated rings. The van der Waals surface area contributed by atoms with Crippen LogP contribution in [0.15, 0.2) is 47.6 Å². The van der Waals surface area contributed by atoms with E-state index in [0.29, 0.717) is 6.54 Å². The van der Waals surface area contributed by atoms with E-state index >= 15 is 0 Å². The Bertz CT molecular complexity index is 766. The Labute approximate surface area is 195 Å². The average Bonchev–Trinajstić information content (AvgIpc) is 2.74. The van der Waals surface area contributed by atoms with E-state index in [1.165, 1.54) is 5.56 Å².